The number of benzene rings is 1. The Morgan fingerprint density at radius 2 is 1.83 bits per heavy atom. The minimum atomic E-state index is -1.11. The van der Waals surface area contributed by atoms with Gasteiger partial charge in [-0.25, -0.2) is 9.78 Å². The smallest absolute Gasteiger partial charge is 0.354 e. The van der Waals surface area contributed by atoms with Crippen molar-refractivity contribution in [3.05, 3.63) is 51.8 Å². The second-order valence-corrected chi connectivity index (χ2v) is 5.53. The van der Waals surface area contributed by atoms with Crippen LogP contribution in [0.1, 0.15) is 27.3 Å². The van der Waals surface area contributed by atoms with E-state index in [2.05, 4.69) is 4.98 Å². The number of aromatic nitrogens is 1. The first-order chi connectivity index (χ1) is 10.8. The van der Waals surface area contributed by atoms with E-state index >= 15 is 0 Å². The number of ether oxygens (including phenoxy) is 1. The molecule has 1 heterocycles. The van der Waals surface area contributed by atoms with Gasteiger partial charge in [0.15, 0.2) is 5.69 Å². The van der Waals surface area contributed by atoms with Gasteiger partial charge >= 0.3 is 11.9 Å². The molecule has 1 aromatic heterocycles. The molecule has 23 heavy (non-hydrogen) atoms. The maximum atomic E-state index is 11.7. The molecule has 120 valence electrons. The Balaban J connectivity index is 2.75. The molecule has 2 rings (SSSR count). The Labute approximate surface area is 138 Å². The van der Waals surface area contributed by atoms with Gasteiger partial charge in [-0.2, -0.15) is 0 Å². The van der Waals surface area contributed by atoms with Crippen molar-refractivity contribution in [2.75, 3.05) is 7.11 Å². The molecule has 0 unspecified atom stereocenters. The van der Waals surface area contributed by atoms with Crippen LogP contribution in [0.25, 0.3) is 11.1 Å². The molecule has 0 radical (unpaired) electrons. The maximum absolute atomic E-state index is 11.7. The van der Waals surface area contributed by atoms with Crippen molar-refractivity contribution < 1.29 is 19.4 Å². The molecule has 1 aromatic carbocycles. The van der Waals surface area contributed by atoms with E-state index in [0.717, 1.165) is 5.56 Å². The highest BCUT2D eigenvalue weighted by molar-refractivity contribution is 6.30. The summed E-state index contributed by atoms with van der Waals surface area (Å²) in [5.41, 5.74) is 3.08. The first kappa shape index (κ1) is 17.0. The number of carbonyl (C=O) groups is 2. The Morgan fingerprint density at radius 1 is 1.22 bits per heavy atom. The quantitative estimate of drug-likeness (QED) is 0.867. The molecule has 0 spiro atoms. The van der Waals surface area contributed by atoms with Gasteiger partial charge in [-0.15, -0.1) is 0 Å². The fourth-order valence-corrected chi connectivity index (χ4v) is 2.62. The average molecular weight is 334 g/mol. The second-order valence-electron chi connectivity index (χ2n) is 5.09. The summed E-state index contributed by atoms with van der Waals surface area (Å²) in [5.74, 6) is -1.52. The van der Waals surface area contributed by atoms with Crippen molar-refractivity contribution in [1.82, 2.24) is 4.98 Å². The number of halogens is 1. The van der Waals surface area contributed by atoms with E-state index in [1.54, 1.807) is 38.1 Å². The van der Waals surface area contributed by atoms with Crippen molar-refractivity contribution in [2.45, 2.75) is 20.3 Å². The number of carbonyl (C=O) groups excluding carboxylic acids is 1. The normalized spacial score (nSPS) is 10.4. The molecule has 0 fully saturated rings. The molecule has 0 atom stereocenters. The Morgan fingerprint density at radius 3 is 2.35 bits per heavy atom. The van der Waals surface area contributed by atoms with Crippen LogP contribution in [0.15, 0.2) is 24.3 Å². The van der Waals surface area contributed by atoms with Crippen LogP contribution in [0.5, 0.6) is 0 Å². The summed E-state index contributed by atoms with van der Waals surface area (Å²) in [4.78, 5) is 27.3. The van der Waals surface area contributed by atoms with Gasteiger partial charge in [0.1, 0.15) is 0 Å². The lowest BCUT2D eigenvalue weighted by Crippen LogP contribution is -2.13. The maximum Gasteiger partial charge on any atom is 0.354 e. The second kappa shape index (κ2) is 6.79. The van der Waals surface area contributed by atoms with E-state index < -0.39 is 11.9 Å². The topological polar surface area (TPSA) is 76.5 Å². The molecule has 0 amide bonds. The van der Waals surface area contributed by atoms with Crippen molar-refractivity contribution in [3.63, 3.8) is 0 Å². The monoisotopic (exact) mass is 333 g/mol. The highest BCUT2D eigenvalue weighted by Crippen LogP contribution is 2.32. The zero-order chi connectivity index (χ0) is 17.1. The fraction of sp³-hybridized carbons (Fsp3) is 0.235. The number of esters is 1. The molecular weight excluding hydrogens is 318 g/mol. The average Bonchev–Trinajstić information content (AvgIpc) is 2.51. The third kappa shape index (κ3) is 3.51. The zero-order valence-electron chi connectivity index (χ0n) is 13.0. The van der Waals surface area contributed by atoms with E-state index in [1.165, 1.54) is 7.11 Å². The van der Waals surface area contributed by atoms with Crippen molar-refractivity contribution in [2.24, 2.45) is 0 Å². The Hall–Kier alpha value is -2.40. The van der Waals surface area contributed by atoms with Gasteiger partial charge in [-0.1, -0.05) is 23.7 Å². The number of rotatable bonds is 4. The van der Waals surface area contributed by atoms with Gasteiger partial charge in [0.05, 0.1) is 13.5 Å². The third-order valence-electron chi connectivity index (χ3n) is 3.63. The molecule has 0 saturated heterocycles. The predicted octanol–water partition coefficient (Wildman–Crippen LogP) is 3.43. The summed E-state index contributed by atoms with van der Waals surface area (Å²) in [7, 11) is 1.31. The van der Waals surface area contributed by atoms with Crippen LogP contribution in [0, 0.1) is 13.8 Å². The summed E-state index contributed by atoms with van der Waals surface area (Å²) in [6.07, 6.45) is 0.0219. The number of hydrogen-bond donors (Lipinski definition) is 1. The first-order valence-electron chi connectivity index (χ1n) is 6.91. The molecular formula is C17H16ClNO4. The van der Waals surface area contributed by atoms with E-state index in [0.29, 0.717) is 27.4 Å². The predicted molar refractivity (Wildman–Crippen MR) is 86.8 cm³/mol. The highest BCUT2D eigenvalue weighted by atomic mass is 35.5. The third-order valence-corrected chi connectivity index (χ3v) is 3.88. The number of pyridine rings is 1. The van der Waals surface area contributed by atoms with E-state index in [4.69, 9.17) is 16.3 Å². The molecule has 0 saturated carbocycles. The molecule has 6 heteroatoms. The number of carboxylic acids is 1. The largest absolute Gasteiger partial charge is 0.477 e. The SMILES string of the molecule is COC(=O)Cc1c(C)nc(C(=O)O)c(C)c1-c1ccc(Cl)cc1. The van der Waals surface area contributed by atoms with E-state index in [9.17, 15) is 14.7 Å². The molecule has 5 nitrogen and oxygen atoms in total. The summed E-state index contributed by atoms with van der Waals surface area (Å²) in [6.45, 7) is 3.37. The number of aryl methyl sites for hydroxylation is 1. The van der Waals surface area contributed by atoms with Crippen LogP contribution < -0.4 is 0 Å². The van der Waals surface area contributed by atoms with Crippen LogP contribution in [0.3, 0.4) is 0 Å². The minimum absolute atomic E-state index is 0.0219. The Kier molecular flexibility index (Phi) is 5.01. The standard InChI is InChI=1S/C17H16ClNO4/c1-9-15(11-4-6-12(18)7-5-11)13(8-14(20)23-3)10(2)19-16(9)17(21)22/h4-7H,8H2,1-3H3,(H,21,22). The lowest BCUT2D eigenvalue weighted by molar-refractivity contribution is -0.139. The van der Waals surface area contributed by atoms with E-state index in [-0.39, 0.29) is 12.1 Å². The fourth-order valence-electron chi connectivity index (χ4n) is 2.49. The van der Waals surface area contributed by atoms with Gasteiger partial charge in [0.2, 0.25) is 0 Å². The Bertz CT molecular complexity index is 769. The number of carboxylic acid groups (broad SMARTS) is 1. The molecule has 0 aliphatic carbocycles. The van der Waals surface area contributed by atoms with Crippen LogP contribution in [-0.4, -0.2) is 29.1 Å². The number of nitrogens with zero attached hydrogens (tertiary/aromatic N) is 1. The van der Waals surface area contributed by atoms with Gasteiger partial charge in [-0.3, -0.25) is 4.79 Å². The van der Waals surface area contributed by atoms with Crippen LogP contribution in [0.4, 0.5) is 0 Å². The van der Waals surface area contributed by atoms with Crippen LogP contribution in [-0.2, 0) is 16.0 Å². The summed E-state index contributed by atoms with van der Waals surface area (Å²) in [6, 6.07) is 7.01. The lowest BCUT2D eigenvalue weighted by Gasteiger charge is -2.17. The van der Waals surface area contributed by atoms with Crippen molar-refractivity contribution in [1.29, 1.82) is 0 Å². The summed E-state index contributed by atoms with van der Waals surface area (Å²) < 4.78 is 4.73. The van der Waals surface area contributed by atoms with Gasteiger partial charge in [0, 0.05) is 10.7 Å². The molecule has 0 aliphatic heterocycles. The summed E-state index contributed by atoms with van der Waals surface area (Å²) in [5, 5.41) is 9.92. The van der Waals surface area contributed by atoms with Crippen LogP contribution in [0.2, 0.25) is 5.02 Å². The van der Waals surface area contributed by atoms with E-state index in [1.807, 2.05) is 0 Å². The molecule has 0 aliphatic rings. The van der Waals surface area contributed by atoms with Crippen molar-refractivity contribution in [3.8, 4) is 11.1 Å². The van der Waals surface area contributed by atoms with Crippen LogP contribution >= 0.6 is 11.6 Å². The summed E-state index contributed by atoms with van der Waals surface area (Å²) >= 11 is 5.92. The highest BCUT2D eigenvalue weighted by Gasteiger charge is 2.21. The van der Waals surface area contributed by atoms with Gasteiger partial charge in [0.25, 0.3) is 0 Å². The number of aromatic carboxylic acids is 1. The molecule has 1 N–H and O–H groups in total. The zero-order valence-corrected chi connectivity index (χ0v) is 13.8. The number of hydrogen-bond acceptors (Lipinski definition) is 4. The van der Waals surface area contributed by atoms with Crippen molar-refractivity contribution >= 4 is 23.5 Å². The first-order valence-corrected chi connectivity index (χ1v) is 7.29. The molecule has 0 bridgehead atoms. The van der Waals surface area contributed by atoms with Gasteiger partial charge < -0.3 is 9.84 Å². The minimum Gasteiger partial charge on any atom is -0.477 e. The number of methoxy groups -OCH3 is 1. The molecule has 2 aromatic rings. The van der Waals surface area contributed by atoms with Gasteiger partial charge in [-0.05, 0) is 48.2 Å². The lowest BCUT2D eigenvalue weighted by atomic mass is 9.91.